The van der Waals surface area contributed by atoms with Crippen LogP contribution in [0.1, 0.15) is 25.0 Å². The Bertz CT molecular complexity index is 2810. The van der Waals surface area contributed by atoms with Crippen LogP contribution in [0.25, 0.3) is 88.5 Å². The number of rotatable bonds is 4. The van der Waals surface area contributed by atoms with Crippen LogP contribution in [0, 0.1) is 0 Å². The van der Waals surface area contributed by atoms with Gasteiger partial charge in [-0.25, -0.2) is 9.97 Å². The normalized spacial score (nSPS) is 13.1. The van der Waals surface area contributed by atoms with Gasteiger partial charge in [0.15, 0.2) is 5.82 Å². The van der Waals surface area contributed by atoms with Gasteiger partial charge in [0.2, 0.25) is 0 Å². The summed E-state index contributed by atoms with van der Waals surface area (Å²) in [7, 11) is 0. The van der Waals surface area contributed by atoms with Crippen LogP contribution < -0.4 is 0 Å². The summed E-state index contributed by atoms with van der Waals surface area (Å²) in [5, 5.41) is 7.58. The fourth-order valence-electron chi connectivity index (χ4n) is 8.26. The third kappa shape index (κ3) is 4.71. The van der Waals surface area contributed by atoms with Crippen molar-refractivity contribution in [2.24, 2.45) is 0 Å². The van der Waals surface area contributed by atoms with E-state index in [1.165, 1.54) is 65.7 Å². The molecule has 10 rings (SSSR count). The molecule has 8 aromatic carbocycles. The van der Waals surface area contributed by atoms with Gasteiger partial charge in [0.25, 0.3) is 0 Å². The minimum atomic E-state index is -0.133. The summed E-state index contributed by atoms with van der Waals surface area (Å²) in [4.78, 5) is 10.5. The van der Waals surface area contributed by atoms with Crippen molar-refractivity contribution in [3.63, 3.8) is 0 Å². The second-order valence-electron chi connectivity index (χ2n) is 14.2. The van der Waals surface area contributed by atoms with Gasteiger partial charge in [-0.15, -0.1) is 0 Å². The maximum Gasteiger partial charge on any atom is 0.160 e. The van der Waals surface area contributed by atoms with Crippen molar-refractivity contribution < 1.29 is 0 Å². The minimum absolute atomic E-state index is 0.133. The molecule has 0 bridgehead atoms. The summed E-state index contributed by atoms with van der Waals surface area (Å²) in [6.45, 7) is 4.69. The first-order valence-electron chi connectivity index (χ1n) is 17.7. The average Bonchev–Trinajstić information content (AvgIpc) is 3.42. The Hall–Kier alpha value is -6.38. The first-order valence-corrected chi connectivity index (χ1v) is 17.7. The third-order valence-electron chi connectivity index (χ3n) is 10.9. The quantitative estimate of drug-likeness (QED) is 0.177. The minimum Gasteiger partial charge on any atom is -0.228 e. The lowest BCUT2D eigenvalue weighted by atomic mass is 9.81. The highest BCUT2D eigenvalue weighted by atomic mass is 14.9. The van der Waals surface area contributed by atoms with Gasteiger partial charge in [0.05, 0.1) is 11.4 Å². The maximum absolute atomic E-state index is 5.28. The van der Waals surface area contributed by atoms with E-state index in [-0.39, 0.29) is 5.41 Å². The zero-order valence-electron chi connectivity index (χ0n) is 28.6. The predicted molar refractivity (Wildman–Crippen MR) is 214 cm³/mol. The average molecular weight is 651 g/mol. The van der Waals surface area contributed by atoms with Gasteiger partial charge < -0.3 is 0 Å². The Morgan fingerprint density at radius 3 is 1.84 bits per heavy atom. The molecule has 0 amide bonds. The molecule has 1 heterocycles. The van der Waals surface area contributed by atoms with Crippen LogP contribution in [0.5, 0.6) is 0 Å². The van der Waals surface area contributed by atoms with Crippen LogP contribution in [0.2, 0.25) is 0 Å². The molecule has 0 saturated heterocycles. The fraction of sp³-hybridized carbons (Fsp3) is 0.0612. The molecule has 0 N–H and O–H groups in total. The Labute approximate surface area is 297 Å². The highest BCUT2D eigenvalue weighted by Crippen LogP contribution is 2.53. The summed E-state index contributed by atoms with van der Waals surface area (Å²) in [6, 6.07) is 61.2. The van der Waals surface area contributed by atoms with E-state index < -0.39 is 0 Å². The van der Waals surface area contributed by atoms with Gasteiger partial charge in [-0.05, 0) is 83.9 Å². The highest BCUT2D eigenvalue weighted by molar-refractivity contribution is 6.14. The van der Waals surface area contributed by atoms with Gasteiger partial charge in [0, 0.05) is 22.1 Å². The summed E-state index contributed by atoms with van der Waals surface area (Å²) >= 11 is 0. The summed E-state index contributed by atoms with van der Waals surface area (Å²) in [5.41, 5.74) is 12.6. The lowest BCUT2D eigenvalue weighted by molar-refractivity contribution is 0.661. The number of fused-ring (bicyclic) bond motifs is 7. The monoisotopic (exact) mass is 650 g/mol. The van der Waals surface area contributed by atoms with E-state index >= 15 is 0 Å². The Kier molecular flexibility index (Phi) is 6.56. The molecule has 0 radical (unpaired) electrons. The standard InChI is InChI=1S/C49H34N2/c1-49(2)42-21-11-20-40(47(42)41-28-36-15-6-7-16-37(36)29-43(41)49)45-30-44(50-48(51-45)35-13-4-3-5-14-35)33-25-22-32(23-26-33)39-19-10-17-34-27-24-31-12-8-9-18-38(31)46(34)39/h3-30H,1-2H3. The van der Waals surface area contributed by atoms with E-state index in [2.05, 4.69) is 178 Å². The molecule has 240 valence electrons. The Morgan fingerprint density at radius 1 is 0.392 bits per heavy atom. The molecule has 51 heavy (non-hydrogen) atoms. The van der Waals surface area contributed by atoms with E-state index in [9.17, 15) is 0 Å². The fourth-order valence-corrected chi connectivity index (χ4v) is 8.26. The molecule has 2 heteroatoms. The van der Waals surface area contributed by atoms with Crippen molar-refractivity contribution in [3.05, 3.63) is 181 Å². The predicted octanol–water partition coefficient (Wildman–Crippen LogP) is 12.9. The second kappa shape index (κ2) is 11.3. The Balaban J connectivity index is 1.14. The molecular formula is C49H34N2. The zero-order chi connectivity index (χ0) is 34.1. The second-order valence-corrected chi connectivity index (χ2v) is 14.2. The smallest absolute Gasteiger partial charge is 0.160 e. The first-order chi connectivity index (χ1) is 25.0. The molecule has 0 fully saturated rings. The van der Waals surface area contributed by atoms with E-state index in [0.29, 0.717) is 0 Å². The van der Waals surface area contributed by atoms with Crippen LogP contribution >= 0.6 is 0 Å². The lowest BCUT2D eigenvalue weighted by Gasteiger charge is -2.22. The molecule has 1 aromatic heterocycles. The van der Waals surface area contributed by atoms with E-state index in [4.69, 9.17) is 9.97 Å². The molecular weight excluding hydrogens is 617 g/mol. The van der Waals surface area contributed by atoms with Crippen LogP contribution in [-0.4, -0.2) is 9.97 Å². The Morgan fingerprint density at radius 2 is 1.02 bits per heavy atom. The van der Waals surface area contributed by atoms with Crippen LogP contribution in [0.4, 0.5) is 0 Å². The molecule has 0 aliphatic heterocycles. The first kappa shape index (κ1) is 29.5. The van der Waals surface area contributed by atoms with Gasteiger partial charge in [-0.1, -0.05) is 166 Å². The molecule has 9 aromatic rings. The number of benzene rings is 8. The van der Waals surface area contributed by atoms with Crippen molar-refractivity contribution in [2.75, 3.05) is 0 Å². The molecule has 1 aliphatic carbocycles. The third-order valence-corrected chi connectivity index (χ3v) is 10.9. The lowest BCUT2D eigenvalue weighted by Crippen LogP contribution is -2.14. The van der Waals surface area contributed by atoms with Crippen molar-refractivity contribution in [1.29, 1.82) is 0 Å². The van der Waals surface area contributed by atoms with Gasteiger partial charge >= 0.3 is 0 Å². The van der Waals surface area contributed by atoms with Crippen molar-refractivity contribution in [2.45, 2.75) is 19.3 Å². The highest BCUT2D eigenvalue weighted by Gasteiger charge is 2.37. The largest absolute Gasteiger partial charge is 0.228 e. The molecule has 0 saturated carbocycles. The van der Waals surface area contributed by atoms with Crippen molar-refractivity contribution in [1.82, 2.24) is 9.97 Å². The van der Waals surface area contributed by atoms with Crippen LogP contribution in [-0.2, 0) is 5.41 Å². The van der Waals surface area contributed by atoms with Gasteiger partial charge in [-0.3, -0.25) is 0 Å². The summed E-state index contributed by atoms with van der Waals surface area (Å²) < 4.78 is 0. The number of hydrogen-bond acceptors (Lipinski definition) is 2. The molecule has 0 spiro atoms. The summed E-state index contributed by atoms with van der Waals surface area (Å²) in [6.07, 6.45) is 0. The number of nitrogens with zero attached hydrogens (tertiary/aromatic N) is 2. The molecule has 0 unspecified atom stereocenters. The molecule has 2 nitrogen and oxygen atoms in total. The van der Waals surface area contributed by atoms with Crippen LogP contribution in [0.3, 0.4) is 0 Å². The maximum atomic E-state index is 5.28. The molecule has 1 aliphatic rings. The van der Waals surface area contributed by atoms with Crippen molar-refractivity contribution in [3.8, 4) is 56.2 Å². The van der Waals surface area contributed by atoms with Crippen LogP contribution in [0.15, 0.2) is 170 Å². The van der Waals surface area contributed by atoms with Gasteiger partial charge in [-0.2, -0.15) is 0 Å². The SMILES string of the molecule is CC1(C)c2cc3ccccc3cc2-c2c(-c3cc(-c4ccc(-c5cccc6ccc7ccccc7c56)cc4)nc(-c4ccccc4)n3)cccc21. The van der Waals surface area contributed by atoms with E-state index in [1.807, 2.05) is 6.07 Å². The van der Waals surface area contributed by atoms with Gasteiger partial charge in [0.1, 0.15) is 0 Å². The number of hydrogen-bond donors (Lipinski definition) is 0. The topological polar surface area (TPSA) is 25.8 Å². The zero-order valence-corrected chi connectivity index (χ0v) is 28.6. The molecule has 0 atom stereocenters. The van der Waals surface area contributed by atoms with E-state index in [1.54, 1.807) is 0 Å². The summed E-state index contributed by atoms with van der Waals surface area (Å²) in [5.74, 6) is 0.723. The van der Waals surface area contributed by atoms with Crippen molar-refractivity contribution >= 4 is 32.3 Å². The van der Waals surface area contributed by atoms with E-state index in [0.717, 1.165) is 33.9 Å². The number of aromatic nitrogens is 2.